The smallest absolute Gasteiger partial charge is 0.0367 e. The number of anilines is 1. The van der Waals surface area contributed by atoms with Crippen LogP contribution in [0.3, 0.4) is 0 Å². The summed E-state index contributed by atoms with van der Waals surface area (Å²) in [5.74, 6) is 6.19. The fourth-order valence-electron chi connectivity index (χ4n) is 2.06. The summed E-state index contributed by atoms with van der Waals surface area (Å²) < 4.78 is 0. The largest absolute Gasteiger partial charge is 0.369 e. The minimum atomic E-state index is 0.631. The molecule has 1 aromatic rings. The molecule has 0 spiro atoms. The van der Waals surface area contributed by atoms with E-state index in [0.717, 1.165) is 38.2 Å². The number of piperazine rings is 1. The van der Waals surface area contributed by atoms with Crippen LogP contribution in [-0.2, 0) is 0 Å². The number of hydrogen-bond donors (Lipinski definition) is 1. The highest BCUT2D eigenvalue weighted by Gasteiger charge is 2.13. The third kappa shape index (κ3) is 3.49. The van der Waals surface area contributed by atoms with Gasteiger partial charge in [0.2, 0.25) is 0 Å². The van der Waals surface area contributed by atoms with Gasteiger partial charge in [-0.25, -0.2) is 0 Å². The second-order valence-corrected chi connectivity index (χ2v) is 4.68. The minimum Gasteiger partial charge on any atom is -0.369 e. The first kappa shape index (κ1) is 12.9. The molecule has 18 heavy (non-hydrogen) atoms. The van der Waals surface area contributed by atoms with Gasteiger partial charge in [0.05, 0.1) is 0 Å². The molecule has 1 aliphatic heterocycles. The SMILES string of the molecule is CN1CCN(c2ccc(C#CCCN)cc2)CC1. The Bertz CT molecular complexity index is 419. The van der Waals surface area contributed by atoms with Crippen molar-refractivity contribution in [1.29, 1.82) is 0 Å². The zero-order valence-electron chi connectivity index (χ0n) is 11.0. The predicted molar refractivity (Wildman–Crippen MR) is 76.7 cm³/mol. The number of hydrogen-bond acceptors (Lipinski definition) is 3. The van der Waals surface area contributed by atoms with Gasteiger partial charge in [0.15, 0.2) is 0 Å². The monoisotopic (exact) mass is 243 g/mol. The van der Waals surface area contributed by atoms with Crippen LogP contribution in [-0.4, -0.2) is 44.7 Å². The Morgan fingerprint density at radius 2 is 1.78 bits per heavy atom. The molecule has 96 valence electrons. The van der Waals surface area contributed by atoms with Crippen LogP contribution in [0.5, 0.6) is 0 Å². The van der Waals surface area contributed by atoms with E-state index in [1.165, 1.54) is 5.69 Å². The van der Waals surface area contributed by atoms with Gasteiger partial charge in [-0.15, -0.1) is 0 Å². The lowest BCUT2D eigenvalue weighted by Crippen LogP contribution is -2.44. The summed E-state index contributed by atoms with van der Waals surface area (Å²) in [6, 6.07) is 8.52. The Labute approximate surface area is 110 Å². The molecule has 0 atom stereocenters. The molecular weight excluding hydrogens is 222 g/mol. The third-order valence-electron chi connectivity index (χ3n) is 3.24. The topological polar surface area (TPSA) is 32.5 Å². The number of rotatable bonds is 2. The molecule has 3 heteroatoms. The van der Waals surface area contributed by atoms with Gasteiger partial charge < -0.3 is 15.5 Å². The number of nitrogens with zero attached hydrogens (tertiary/aromatic N) is 2. The molecule has 0 unspecified atom stereocenters. The summed E-state index contributed by atoms with van der Waals surface area (Å²) in [4.78, 5) is 4.79. The van der Waals surface area contributed by atoms with Crippen LogP contribution in [0, 0.1) is 11.8 Å². The highest BCUT2D eigenvalue weighted by Crippen LogP contribution is 2.16. The van der Waals surface area contributed by atoms with Crippen LogP contribution in [0.25, 0.3) is 0 Å². The second kappa shape index (κ2) is 6.44. The molecule has 1 aromatic carbocycles. The van der Waals surface area contributed by atoms with E-state index >= 15 is 0 Å². The van der Waals surface area contributed by atoms with Crippen LogP contribution < -0.4 is 10.6 Å². The Balaban J connectivity index is 1.97. The van der Waals surface area contributed by atoms with E-state index in [4.69, 9.17) is 5.73 Å². The van der Waals surface area contributed by atoms with E-state index in [-0.39, 0.29) is 0 Å². The molecule has 0 bridgehead atoms. The van der Waals surface area contributed by atoms with Crippen molar-refractivity contribution in [2.75, 3.05) is 44.7 Å². The van der Waals surface area contributed by atoms with Gasteiger partial charge in [0.25, 0.3) is 0 Å². The number of benzene rings is 1. The molecule has 0 aromatic heterocycles. The van der Waals surface area contributed by atoms with Gasteiger partial charge in [-0.2, -0.15) is 0 Å². The second-order valence-electron chi connectivity index (χ2n) is 4.68. The average molecular weight is 243 g/mol. The third-order valence-corrected chi connectivity index (χ3v) is 3.24. The molecular formula is C15H21N3. The first-order valence-corrected chi connectivity index (χ1v) is 6.52. The highest BCUT2D eigenvalue weighted by atomic mass is 15.2. The fourth-order valence-corrected chi connectivity index (χ4v) is 2.06. The highest BCUT2D eigenvalue weighted by molar-refractivity contribution is 5.50. The first-order valence-electron chi connectivity index (χ1n) is 6.52. The van der Waals surface area contributed by atoms with Gasteiger partial charge in [0.1, 0.15) is 0 Å². The molecule has 0 saturated carbocycles. The lowest BCUT2D eigenvalue weighted by molar-refractivity contribution is 0.313. The van der Waals surface area contributed by atoms with E-state index < -0.39 is 0 Å². The molecule has 0 amide bonds. The lowest BCUT2D eigenvalue weighted by Gasteiger charge is -2.34. The Morgan fingerprint density at radius 1 is 1.11 bits per heavy atom. The summed E-state index contributed by atoms with van der Waals surface area (Å²) in [6.45, 7) is 5.12. The lowest BCUT2D eigenvalue weighted by atomic mass is 10.2. The van der Waals surface area contributed by atoms with Crippen molar-refractivity contribution in [2.45, 2.75) is 6.42 Å². The molecule has 1 saturated heterocycles. The molecule has 1 heterocycles. The standard InChI is InChI=1S/C15H21N3/c1-17-10-12-18(13-11-17)15-7-5-14(6-8-15)4-2-3-9-16/h5-8H,3,9-13,16H2,1H3. The molecule has 2 N–H and O–H groups in total. The molecule has 3 nitrogen and oxygen atoms in total. The summed E-state index contributed by atoms with van der Waals surface area (Å²) in [5.41, 5.74) is 7.78. The maximum atomic E-state index is 5.41. The Kier molecular flexibility index (Phi) is 4.63. The quantitative estimate of drug-likeness (QED) is 0.791. The van der Waals surface area contributed by atoms with Crippen molar-refractivity contribution < 1.29 is 0 Å². The summed E-state index contributed by atoms with van der Waals surface area (Å²) in [5, 5.41) is 0. The molecule has 0 radical (unpaired) electrons. The van der Waals surface area contributed by atoms with Crippen LogP contribution in [0.4, 0.5) is 5.69 Å². The van der Waals surface area contributed by atoms with Crippen molar-refractivity contribution in [2.24, 2.45) is 5.73 Å². The fraction of sp³-hybridized carbons (Fsp3) is 0.467. The first-order chi connectivity index (χ1) is 8.79. The Hall–Kier alpha value is -1.50. The molecule has 0 aliphatic carbocycles. The number of nitrogens with two attached hydrogens (primary N) is 1. The molecule has 1 fully saturated rings. The Morgan fingerprint density at radius 3 is 2.39 bits per heavy atom. The van der Waals surface area contributed by atoms with E-state index in [1.807, 2.05) is 0 Å². The van der Waals surface area contributed by atoms with Crippen LogP contribution >= 0.6 is 0 Å². The van der Waals surface area contributed by atoms with Gasteiger partial charge in [-0.1, -0.05) is 11.8 Å². The van der Waals surface area contributed by atoms with Crippen molar-refractivity contribution >= 4 is 5.69 Å². The van der Waals surface area contributed by atoms with Crippen LogP contribution in [0.15, 0.2) is 24.3 Å². The van der Waals surface area contributed by atoms with Crippen LogP contribution in [0.2, 0.25) is 0 Å². The van der Waals surface area contributed by atoms with Crippen molar-refractivity contribution in [1.82, 2.24) is 4.90 Å². The summed E-state index contributed by atoms with van der Waals surface area (Å²) >= 11 is 0. The summed E-state index contributed by atoms with van der Waals surface area (Å²) in [7, 11) is 2.17. The van der Waals surface area contributed by atoms with Crippen LogP contribution in [0.1, 0.15) is 12.0 Å². The van der Waals surface area contributed by atoms with Crippen molar-refractivity contribution in [3.63, 3.8) is 0 Å². The predicted octanol–water partition coefficient (Wildman–Crippen LogP) is 1.14. The average Bonchev–Trinajstić information content (AvgIpc) is 2.41. The van der Waals surface area contributed by atoms with Gasteiger partial charge in [-0.05, 0) is 31.3 Å². The molecule has 2 rings (SSSR count). The zero-order valence-corrected chi connectivity index (χ0v) is 11.0. The summed E-state index contributed by atoms with van der Waals surface area (Å²) in [6.07, 6.45) is 0.764. The zero-order chi connectivity index (χ0) is 12.8. The van der Waals surface area contributed by atoms with E-state index in [0.29, 0.717) is 6.54 Å². The van der Waals surface area contributed by atoms with Gasteiger partial charge >= 0.3 is 0 Å². The van der Waals surface area contributed by atoms with E-state index in [9.17, 15) is 0 Å². The van der Waals surface area contributed by atoms with Gasteiger partial charge in [0, 0.05) is 50.4 Å². The van der Waals surface area contributed by atoms with E-state index in [2.05, 4.69) is 53.0 Å². The van der Waals surface area contributed by atoms with Gasteiger partial charge in [-0.3, -0.25) is 0 Å². The maximum absolute atomic E-state index is 5.41. The normalized spacial score (nSPS) is 16.2. The minimum absolute atomic E-state index is 0.631. The van der Waals surface area contributed by atoms with Crippen molar-refractivity contribution in [3.8, 4) is 11.8 Å². The maximum Gasteiger partial charge on any atom is 0.0367 e. The molecule has 1 aliphatic rings. The number of likely N-dealkylation sites (N-methyl/N-ethyl adjacent to an activating group) is 1. The van der Waals surface area contributed by atoms with Crippen molar-refractivity contribution in [3.05, 3.63) is 29.8 Å². The van der Waals surface area contributed by atoms with E-state index in [1.54, 1.807) is 0 Å².